The molecule has 0 spiro atoms. The Morgan fingerprint density at radius 2 is 1.94 bits per heavy atom. The first-order valence-corrected chi connectivity index (χ1v) is 6.65. The highest BCUT2D eigenvalue weighted by atomic mass is 32.2. The fourth-order valence-corrected chi connectivity index (χ4v) is 1.73. The Morgan fingerprint density at radius 3 is 2.41 bits per heavy atom. The highest BCUT2D eigenvalue weighted by Gasteiger charge is 2.04. The first-order valence-electron chi connectivity index (χ1n) is 4.93. The number of nitrogens with one attached hydrogen (secondary N) is 1. The van der Waals surface area contributed by atoms with Gasteiger partial charge in [-0.25, -0.2) is 8.42 Å². The maximum Gasteiger partial charge on any atom is 0.248 e. The van der Waals surface area contributed by atoms with E-state index in [0.717, 1.165) is 11.1 Å². The third-order valence-electron chi connectivity index (χ3n) is 2.14. The summed E-state index contributed by atoms with van der Waals surface area (Å²) >= 11 is 0. The fourth-order valence-electron chi connectivity index (χ4n) is 1.17. The molecule has 0 aliphatic rings. The molecule has 1 aromatic carbocycles. The van der Waals surface area contributed by atoms with Crippen molar-refractivity contribution < 1.29 is 13.2 Å². The molecule has 0 saturated carbocycles. The van der Waals surface area contributed by atoms with Crippen molar-refractivity contribution in [1.82, 2.24) is 0 Å². The fraction of sp³-hybridized carbons (Fsp3) is 0.182. The minimum absolute atomic E-state index is 0.0198. The quantitative estimate of drug-likeness (QED) is 0.784. The molecule has 0 unspecified atom stereocenters. The number of anilines is 1. The SMILES string of the molecule is C=CS(=O)(=O)CCNc1ccc(C(N)=O)cc1. The van der Waals surface area contributed by atoms with Gasteiger partial charge in [0.05, 0.1) is 5.75 Å². The van der Waals surface area contributed by atoms with Crippen LogP contribution in [0.3, 0.4) is 0 Å². The number of nitrogens with two attached hydrogens (primary N) is 1. The first-order chi connectivity index (χ1) is 7.94. The van der Waals surface area contributed by atoms with E-state index in [1.807, 2.05) is 0 Å². The molecular weight excluding hydrogens is 240 g/mol. The number of rotatable bonds is 6. The van der Waals surface area contributed by atoms with Crippen LogP contribution in [-0.4, -0.2) is 26.6 Å². The topological polar surface area (TPSA) is 89.3 Å². The molecule has 3 N–H and O–H groups in total. The zero-order valence-corrected chi connectivity index (χ0v) is 10.0. The average Bonchev–Trinajstić information content (AvgIpc) is 2.29. The van der Waals surface area contributed by atoms with Crippen molar-refractivity contribution in [1.29, 1.82) is 0 Å². The maximum absolute atomic E-state index is 11.1. The number of benzene rings is 1. The highest BCUT2D eigenvalue weighted by Crippen LogP contribution is 2.08. The molecule has 0 saturated heterocycles. The molecule has 92 valence electrons. The average molecular weight is 254 g/mol. The summed E-state index contributed by atoms with van der Waals surface area (Å²) in [5, 5.41) is 3.86. The molecule has 0 atom stereocenters. The van der Waals surface area contributed by atoms with Crippen molar-refractivity contribution in [2.75, 3.05) is 17.6 Å². The summed E-state index contributed by atoms with van der Waals surface area (Å²) in [7, 11) is -3.18. The normalized spacial score (nSPS) is 10.8. The number of hydrogen-bond acceptors (Lipinski definition) is 4. The molecule has 0 aromatic heterocycles. The third-order valence-corrected chi connectivity index (χ3v) is 3.42. The van der Waals surface area contributed by atoms with Crippen LogP contribution in [0, 0.1) is 0 Å². The lowest BCUT2D eigenvalue weighted by atomic mass is 10.2. The Balaban J connectivity index is 2.53. The predicted molar refractivity (Wildman–Crippen MR) is 67.4 cm³/mol. The number of carbonyl (C=O) groups is 1. The van der Waals surface area contributed by atoms with Crippen molar-refractivity contribution in [2.45, 2.75) is 0 Å². The standard InChI is InChI=1S/C11H14N2O3S/c1-2-17(15,16)8-7-13-10-5-3-9(4-6-10)11(12)14/h2-6,13H,1,7-8H2,(H2,12,14). The summed E-state index contributed by atoms with van der Waals surface area (Å²) in [6.45, 7) is 3.50. The summed E-state index contributed by atoms with van der Waals surface area (Å²) < 4.78 is 22.2. The van der Waals surface area contributed by atoms with Crippen LogP contribution in [0.25, 0.3) is 0 Å². The van der Waals surface area contributed by atoms with Crippen LogP contribution < -0.4 is 11.1 Å². The van der Waals surface area contributed by atoms with Gasteiger partial charge < -0.3 is 11.1 Å². The Labute approximate surface area is 100 Å². The molecule has 1 amide bonds. The third kappa shape index (κ3) is 4.28. The number of amides is 1. The molecule has 0 aliphatic carbocycles. The van der Waals surface area contributed by atoms with Crippen molar-refractivity contribution in [3.8, 4) is 0 Å². The lowest BCUT2D eigenvalue weighted by molar-refractivity contribution is 0.100. The molecule has 0 radical (unpaired) electrons. The zero-order chi connectivity index (χ0) is 12.9. The second kappa shape index (κ2) is 5.49. The van der Waals surface area contributed by atoms with Crippen LogP contribution in [0.5, 0.6) is 0 Å². The number of sulfone groups is 1. The summed E-state index contributed by atoms with van der Waals surface area (Å²) in [5.41, 5.74) is 6.23. The predicted octanol–water partition coefficient (Wildman–Crippen LogP) is 0.756. The van der Waals surface area contributed by atoms with Gasteiger partial charge in [0, 0.05) is 23.2 Å². The minimum Gasteiger partial charge on any atom is -0.384 e. The second-order valence-corrected chi connectivity index (χ2v) is 5.47. The van der Waals surface area contributed by atoms with E-state index in [2.05, 4.69) is 11.9 Å². The summed E-state index contributed by atoms with van der Waals surface area (Å²) in [6.07, 6.45) is 0. The molecule has 5 nitrogen and oxygen atoms in total. The van der Waals surface area contributed by atoms with E-state index < -0.39 is 15.7 Å². The molecule has 17 heavy (non-hydrogen) atoms. The lowest BCUT2D eigenvalue weighted by Gasteiger charge is -2.05. The van der Waals surface area contributed by atoms with E-state index in [1.165, 1.54) is 0 Å². The first kappa shape index (κ1) is 13.2. The van der Waals surface area contributed by atoms with Crippen molar-refractivity contribution in [3.05, 3.63) is 41.8 Å². The molecule has 1 aromatic rings. The van der Waals surface area contributed by atoms with Crippen LogP contribution in [0.4, 0.5) is 5.69 Å². The molecule has 0 heterocycles. The van der Waals surface area contributed by atoms with E-state index in [4.69, 9.17) is 5.73 Å². The van der Waals surface area contributed by atoms with Gasteiger partial charge in [-0.05, 0) is 24.3 Å². The largest absolute Gasteiger partial charge is 0.384 e. The van der Waals surface area contributed by atoms with Gasteiger partial charge in [-0.3, -0.25) is 4.79 Å². The molecule has 6 heteroatoms. The Hall–Kier alpha value is -1.82. The van der Waals surface area contributed by atoms with Crippen LogP contribution in [0.2, 0.25) is 0 Å². The lowest BCUT2D eigenvalue weighted by Crippen LogP contribution is -2.14. The maximum atomic E-state index is 11.1. The molecule has 0 bridgehead atoms. The van der Waals surface area contributed by atoms with Gasteiger partial charge in [-0.1, -0.05) is 6.58 Å². The van der Waals surface area contributed by atoms with Gasteiger partial charge >= 0.3 is 0 Å². The van der Waals surface area contributed by atoms with E-state index in [9.17, 15) is 13.2 Å². The van der Waals surface area contributed by atoms with E-state index in [1.54, 1.807) is 24.3 Å². The van der Waals surface area contributed by atoms with E-state index >= 15 is 0 Å². The number of primary amides is 1. The molecule has 0 aliphatic heterocycles. The monoisotopic (exact) mass is 254 g/mol. The van der Waals surface area contributed by atoms with E-state index in [-0.39, 0.29) is 12.3 Å². The highest BCUT2D eigenvalue weighted by molar-refractivity contribution is 7.94. The molecule has 0 fully saturated rings. The number of hydrogen-bond donors (Lipinski definition) is 2. The van der Waals surface area contributed by atoms with Gasteiger partial charge in [-0.2, -0.15) is 0 Å². The second-order valence-electron chi connectivity index (χ2n) is 3.40. The molecular formula is C11H14N2O3S. The van der Waals surface area contributed by atoms with Gasteiger partial charge in [0.25, 0.3) is 0 Å². The van der Waals surface area contributed by atoms with Crippen molar-refractivity contribution >= 4 is 21.4 Å². The smallest absolute Gasteiger partial charge is 0.248 e. The summed E-state index contributed by atoms with van der Waals surface area (Å²) in [5.74, 6) is -0.514. The van der Waals surface area contributed by atoms with Crippen molar-refractivity contribution in [2.24, 2.45) is 5.73 Å². The van der Waals surface area contributed by atoms with Gasteiger partial charge in [-0.15, -0.1) is 0 Å². The number of carbonyl (C=O) groups excluding carboxylic acids is 1. The van der Waals surface area contributed by atoms with Gasteiger partial charge in [0.15, 0.2) is 9.84 Å². The minimum atomic E-state index is -3.18. The molecule has 1 rings (SSSR count). The Kier molecular flexibility index (Phi) is 4.28. The van der Waals surface area contributed by atoms with Crippen LogP contribution in [-0.2, 0) is 9.84 Å². The van der Waals surface area contributed by atoms with Crippen LogP contribution in [0.1, 0.15) is 10.4 Å². The Bertz CT molecular complexity index is 506. The van der Waals surface area contributed by atoms with Gasteiger partial charge in [0.2, 0.25) is 5.91 Å². The van der Waals surface area contributed by atoms with Crippen molar-refractivity contribution in [3.63, 3.8) is 0 Å². The van der Waals surface area contributed by atoms with Crippen LogP contribution in [0.15, 0.2) is 36.3 Å². The van der Waals surface area contributed by atoms with Crippen LogP contribution >= 0.6 is 0 Å². The summed E-state index contributed by atoms with van der Waals surface area (Å²) in [4.78, 5) is 10.8. The zero-order valence-electron chi connectivity index (χ0n) is 9.22. The van der Waals surface area contributed by atoms with E-state index in [0.29, 0.717) is 5.56 Å². The summed E-state index contributed by atoms with van der Waals surface area (Å²) in [6, 6.07) is 6.49. The Morgan fingerprint density at radius 1 is 1.35 bits per heavy atom. The van der Waals surface area contributed by atoms with Gasteiger partial charge in [0.1, 0.15) is 0 Å².